The van der Waals surface area contributed by atoms with Gasteiger partial charge in [0, 0.05) is 42.4 Å². The highest BCUT2D eigenvalue weighted by atomic mass is 35.5. The number of anilines is 1. The van der Waals surface area contributed by atoms with Gasteiger partial charge in [0.05, 0.1) is 0 Å². The lowest BCUT2D eigenvalue weighted by atomic mass is 10.1. The van der Waals surface area contributed by atoms with Crippen molar-refractivity contribution in [2.75, 3.05) is 18.4 Å². The van der Waals surface area contributed by atoms with Gasteiger partial charge in [-0.15, -0.1) is 0 Å². The Morgan fingerprint density at radius 3 is 2.24 bits per heavy atom. The number of hydrogen-bond acceptors (Lipinski definition) is 2. The standard InChI is InChI=1S/C20H24ClN3O/c1-15-12-23(20(25)22-19-10-8-18(21)9-11-19)13-16(2)24(15)14-17-6-4-3-5-7-17/h3-11,15-16H,12-14H2,1-2H3,(H,22,25). The van der Waals surface area contributed by atoms with Crippen molar-refractivity contribution >= 4 is 23.3 Å². The summed E-state index contributed by atoms with van der Waals surface area (Å²) in [4.78, 5) is 16.9. The molecule has 2 aromatic carbocycles. The highest BCUT2D eigenvalue weighted by Gasteiger charge is 2.31. The van der Waals surface area contributed by atoms with E-state index in [0.29, 0.717) is 17.1 Å². The number of amides is 2. The number of halogens is 1. The van der Waals surface area contributed by atoms with E-state index in [4.69, 9.17) is 11.6 Å². The zero-order valence-electron chi connectivity index (χ0n) is 14.7. The Bertz CT molecular complexity index is 693. The Balaban J connectivity index is 1.61. The molecule has 0 spiro atoms. The molecule has 0 aliphatic carbocycles. The number of rotatable bonds is 3. The van der Waals surface area contributed by atoms with E-state index in [2.05, 4.69) is 48.3 Å². The van der Waals surface area contributed by atoms with Gasteiger partial charge >= 0.3 is 6.03 Å². The lowest BCUT2D eigenvalue weighted by Crippen LogP contribution is -2.58. The number of carbonyl (C=O) groups is 1. The molecule has 3 rings (SSSR count). The molecule has 2 aromatic rings. The lowest BCUT2D eigenvalue weighted by molar-refractivity contribution is 0.0526. The van der Waals surface area contributed by atoms with Crippen LogP contribution >= 0.6 is 11.6 Å². The number of benzene rings is 2. The Kier molecular flexibility index (Phi) is 5.61. The van der Waals surface area contributed by atoms with Crippen molar-refractivity contribution in [2.24, 2.45) is 0 Å². The van der Waals surface area contributed by atoms with Gasteiger partial charge in [-0.2, -0.15) is 0 Å². The number of piperazine rings is 1. The molecule has 0 bridgehead atoms. The van der Waals surface area contributed by atoms with Gasteiger partial charge < -0.3 is 10.2 Å². The summed E-state index contributed by atoms with van der Waals surface area (Å²) in [5.74, 6) is 0. The van der Waals surface area contributed by atoms with E-state index in [1.54, 1.807) is 12.1 Å². The molecule has 5 heteroatoms. The first-order valence-electron chi connectivity index (χ1n) is 8.64. The first kappa shape index (κ1) is 17.8. The summed E-state index contributed by atoms with van der Waals surface area (Å²) in [6, 6.07) is 18.2. The molecule has 132 valence electrons. The summed E-state index contributed by atoms with van der Waals surface area (Å²) in [6.07, 6.45) is 0. The summed E-state index contributed by atoms with van der Waals surface area (Å²) < 4.78 is 0. The molecule has 1 N–H and O–H groups in total. The van der Waals surface area contributed by atoms with Crippen LogP contribution in [0.25, 0.3) is 0 Å². The molecule has 0 aromatic heterocycles. The number of urea groups is 1. The van der Waals surface area contributed by atoms with Gasteiger partial charge in [-0.25, -0.2) is 4.79 Å². The second-order valence-corrected chi connectivity index (χ2v) is 7.13. The quantitative estimate of drug-likeness (QED) is 0.879. The molecule has 1 saturated heterocycles. The minimum absolute atomic E-state index is 0.0552. The monoisotopic (exact) mass is 357 g/mol. The fraction of sp³-hybridized carbons (Fsp3) is 0.350. The molecule has 2 unspecified atom stereocenters. The molecule has 0 saturated carbocycles. The summed E-state index contributed by atoms with van der Waals surface area (Å²) in [7, 11) is 0. The van der Waals surface area contributed by atoms with Crippen LogP contribution in [0.1, 0.15) is 19.4 Å². The topological polar surface area (TPSA) is 35.6 Å². The zero-order chi connectivity index (χ0) is 17.8. The summed E-state index contributed by atoms with van der Waals surface area (Å²) in [6.45, 7) is 6.71. The maximum absolute atomic E-state index is 12.6. The SMILES string of the molecule is CC1CN(C(=O)Nc2ccc(Cl)cc2)CC(C)N1Cc1ccccc1. The maximum atomic E-state index is 12.6. The van der Waals surface area contributed by atoms with Crippen molar-refractivity contribution in [1.29, 1.82) is 0 Å². The van der Waals surface area contributed by atoms with Gasteiger partial charge in [0.1, 0.15) is 0 Å². The smallest absolute Gasteiger partial charge is 0.321 e. The van der Waals surface area contributed by atoms with Crippen molar-refractivity contribution in [3.05, 3.63) is 65.2 Å². The minimum Gasteiger partial charge on any atom is -0.321 e. The molecule has 0 radical (unpaired) electrons. The van der Waals surface area contributed by atoms with Crippen molar-refractivity contribution in [2.45, 2.75) is 32.5 Å². The van der Waals surface area contributed by atoms with Crippen molar-refractivity contribution in [3.63, 3.8) is 0 Å². The molecule has 4 nitrogen and oxygen atoms in total. The Labute approximate surface area is 154 Å². The third-order valence-corrected chi connectivity index (χ3v) is 4.94. The van der Waals surface area contributed by atoms with E-state index in [-0.39, 0.29) is 6.03 Å². The van der Waals surface area contributed by atoms with Crippen LogP contribution in [0, 0.1) is 0 Å². The van der Waals surface area contributed by atoms with Crippen molar-refractivity contribution < 1.29 is 4.79 Å². The fourth-order valence-electron chi connectivity index (χ4n) is 3.36. The number of nitrogens with zero attached hydrogens (tertiary/aromatic N) is 2. The van der Waals surface area contributed by atoms with E-state index in [9.17, 15) is 4.79 Å². The predicted octanol–water partition coefficient (Wildman–Crippen LogP) is 4.47. The Morgan fingerprint density at radius 1 is 1.04 bits per heavy atom. The van der Waals surface area contributed by atoms with Crippen molar-refractivity contribution in [3.8, 4) is 0 Å². The van der Waals surface area contributed by atoms with Gasteiger partial charge in [-0.1, -0.05) is 41.9 Å². The Morgan fingerprint density at radius 2 is 1.64 bits per heavy atom. The number of carbonyl (C=O) groups excluding carboxylic acids is 1. The molecule has 1 fully saturated rings. The minimum atomic E-state index is -0.0552. The van der Waals surface area contributed by atoms with Crippen molar-refractivity contribution in [1.82, 2.24) is 9.80 Å². The average Bonchev–Trinajstić information content (AvgIpc) is 2.61. The molecule has 2 amide bonds. The zero-order valence-corrected chi connectivity index (χ0v) is 15.4. The molecular formula is C20H24ClN3O. The van der Waals surface area contributed by atoms with E-state index < -0.39 is 0 Å². The van der Waals surface area contributed by atoms with E-state index in [1.807, 2.05) is 23.1 Å². The van der Waals surface area contributed by atoms with Crippen LogP contribution in [0.5, 0.6) is 0 Å². The van der Waals surface area contributed by atoms with E-state index in [1.165, 1.54) is 5.56 Å². The van der Waals surface area contributed by atoms with Gasteiger partial charge in [0.15, 0.2) is 0 Å². The molecule has 1 aliphatic rings. The fourth-order valence-corrected chi connectivity index (χ4v) is 3.49. The largest absolute Gasteiger partial charge is 0.321 e. The first-order valence-corrected chi connectivity index (χ1v) is 9.02. The number of hydrogen-bond donors (Lipinski definition) is 1. The first-order chi connectivity index (χ1) is 12.0. The summed E-state index contributed by atoms with van der Waals surface area (Å²) in [5.41, 5.74) is 2.07. The predicted molar refractivity (Wildman–Crippen MR) is 103 cm³/mol. The second-order valence-electron chi connectivity index (χ2n) is 6.70. The van der Waals surface area contributed by atoms with Crippen LogP contribution in [0.3, 0.4) is 0 Å². The molecular weight excluding hydrogens is 334 g/mol. The summed E-state index contributed by atoms with van der Waals surface area (Å²) >= 11 is 5.89. The van der Waals surface area contributed by atoms with Crippen LogP contribution in [0.2, 0.25) is 5.02 Å². The van der Waals surface area contributed by atoms with Gasteiger partial charge in [0.2, 0.25) is 0 Å². The molecule has 1 aliphatic heterocycles. The number of nitrogens with one attached hydrogen (secondary N) is 1. The molecule has 1 heterocycles. The van der Waals surface area contributed by atoms with Gasteiger partial charge in [0.25, 0.3) is 0 Å². The highest BCUT2D eigenvalue weighted by molar-refractivity contribution is 6.30. The maximum Gasteiger partial charge on any atom is 0.321 e. The van der Waals surface area contributed by atoms with Crippen LogP contribution in [0.15, 0.2) is 54.6 Å². The van der Waals surface area contributed by atoms with E-state index >= 15 is 0 Å². The third-order valence-electron chi connectivity index (χ3n) is 4.69. The lowest BCUT2D eigenvalue weighted by Gasteiger charge is -2.44. The van der Waals surface area contributed by atoms with Crippen LogP contribution in [-0.2, 0) is 6.54 Å². The molecule has 2 atom stereocenters. The Hall–Kier alpha value is -2.04. The summed E-state index contributed by atoms with van der Waals surface area (Å²) in [5, 5.41) is 3.62. The van der Waals surface area contributed by atoms with E-state index in [0.717, 1.165) is 25.3 Å². The van der Waals surface area contributed by atoms with Crippen LogP contribution in [-0.4, -0.2) is 41.0 Å². The van der Waals surface area contributed by atoms with Gasteiger partial charge in [-0.3, -0.25) is 4.90 Å². The van der Waals surface area contributed by atoms with Crippen LogP contribution in [0.4, 0.5) is 10.5 Å². The second kappa shape index (κ2) is 7.89. The van der Waals surface area contributed by atoms with Gasteiger partial charge in [-0.05, 0) is 43.7 Å². The average molecular weight is 358 g/mol. The normalized spacial score (nSPS) is 21.2. The third kappa shape index (κ3) is 4.53. The molecule has 25 heavy (non-hydrogen) atoms. The van der Waals surface area contributed by atoms with Crippen LogP contribution < -0.4 is 5.32 Å². The highest BCUT2D eigenvalue weighted by Crippen LogP contribution is 2.20.